The summed E-state index contributed by atoms with van der Waals surface area (Å²) in [5.74, 6) is -4.58. The maximum Gasteiger partial charge on any atom is 0.335 e. The van der Waals surface area contributed by atoms with Crippen molar-refractivity contribution in [2.45, 2.75) is 93.3 Å². The van der Waals surface area contributed by atoms with Crippen LogP contribution in [0.15, 0.2) is 12.3 Å². The van der Waals surface area contributed by atoms with E-state index in [1.165, 1.54) is 27.4 Å². The van der Waals surface area contributed by atoms with Crippen molar-refractivity contribution in [2.24, 2.45) is 34.0 Å². The van der Waals surface area contributed by atoms with E-state index in [-0.39, 0.29) is 19.6 Å². The number of aliphatic hydroxyl groups excluding tert-OH is 2. The van der Waals surface area contributed by atoms with E-state index in [1.807, 2.05) is 6.92 Å². The van der Waals surface area contributed by atoms with Crippen molar-refractivity contribution in [1.82, 2.24) is 0 Å². The average molecular weight is 623 g/mol. The second-order valence-electron chi connectivity index (χ2n) is 14.2. The Morgan fingerprint density at radius 3 is 2.43 bits per heavy atom. The predicted molar refractivity (Wildman–Crippen MR) is 140 cm³/mol. The van der Waals surface area contributed by atoms with Gasteiger partial charge in [-0.05, 0) is 19.4 Å². The van der Waals surface area contributed by atoms with Gasteiger partial charge in [-0.15, -0.1) is 0 Å². The molecule has 4 saturated heterocycles. The van der Waals surface area contributed by atoms with Gasteiger partial charge in [-0.3, -0.25) is 9.59 Å². The summed E-state index contributed by atoms with van der Waals surface area (Å²) in [5.41, 5.74) is -8.27. The number of esters is 3. The van der Waals surface area contributed by atoms with E-state index in [9.17, 15) is 29.7 Å². The van der Waals surface area contributed by atoms with E-state index in [4.69, 9.17) is 37.9 Å². The van der Waals surface area contributed by atoms with Gasteiger partial charge in [0.2, 0.25) is 6.29 Å². The molecule has 14 nitrogen and oxygen atoms in total. The minimum atomic E-state index is -1.61. The molecule has 7 fully saturated rings. The van der Waals surface area contributed by atoms with Crippen LogP contribution in [0.25, 0.3) is 0 Å². The van der Waals surface area contributed by atoms with Gasteiger partial charge in [0, 0.05) is 41.9 Å². The van der Waals surface area contributed by atoms with Crippen molar-refractivity contribution in [2.75, 3.05) is 27.4 Å². The SMILES string of the molecule is COC(=O)C1OCC23C(O)CC(OC(C)=O)C4(C(=O)OC)COC(C42)C(O)C(C)(C24OC2(C)C2CC4OC4OC=CC42O)C13. The average Bonchev–Trinajstić information content (AvgIpc) is 3.42. The van der Waals surface area contributed by atoms with Gasteiger partial charge in [0.05, 0.1) is 58.1 Å². The van der Waals surface area contributed by atoms with Crippen LogP contribution in [0.5, 0.6) is 0 Å². The van der Waals surface area contributed by atoms with E-state index in [0.717, 1.165) is 0 Å². The molecule has 3 saturated carbocycles. The number of carbonyl (C=O) groups is 3. The molecule has 0 aromatic rings. The Morgan fingerprint density at radius 1 is 1.00 bits per heavy atom. The number of aliphatic hydroxyl groups is 3. The number of hydrogen-bond donors (Lipinski definition) is 3. The maximum atomic E-state index is 13.8. The summed E-state index contributed by atoms with van der Waals surface area (Å²) in [6.45, 7) is 4.40. The fourth-order valence-electron chi connectivity index (χ4n) is 11.6. The fraction of sp³-hybridized carbons (Fsp3) is 0.833. The highest BCUT2D eigenvalue weighted by atomic mass is 16.7. The molecule has 3 N–H and O–H groups in total. The number of hydrogen-bond acceptors (Lipinski definition) is 14. The molecular weight excluding hydrogens is 584 g/mol. The molecule has 8 aliphatic rings. The van der Waals surface area contributed by atoms with Gasteiger partial charge in [-0.1, -0.05) is 6.92 Å². The van der Waals surface area contributed by atoms with E-state index in [2.05, 4.69) is 0 Å². The van der Waals surface area contributed by atoms with Crippen LogP contribution >= 0.6 is 0 Å². The van der Waals surface area contributed by atoms with Gasteiger partial charge in [0.1, 0.15) is 22.7 Å². The Morgan fingerprint density at radius 2 is 1.75 bits per heavy atom. The lowest BCUT2D eigenvalue weighted by atomic mass is 9.38. The van der Waals surface area contributed by atoms with E-state index in [0.29, 0.717) is 6.42 Å². The summed E-state index contributed by atoms with van der Waals surface area (Å²) in [6, 6.07) is 0. The lowest BCUT2D eigenvalue weighted by Gasteiger charge is -2.65. The van der Waals surface area contributed by atoms with Crippen LogP contribution in [0.2, 0.25) is 0 Å². The largest absolute Gasteiger partial charge is 0.469 e. The van der Waals surface area contributed by atoms with Crippen molar-refractivity contribution in [1.29, 1.82) is 0 Å². The normalized spacial score (nSPS) is 58.6. The topological polar surface area (TPSA) is 189 Å². The number of epoxide rings is 1. The maximum absolute atomic E-state index is 13.8. The highest BCUT2D eigenvalue weighted by molar-refractivity contribution is 5.81. The first-order chi connectivity index (χ1) is 20.8. The van der Waals surface area contributed by atoms with Crippen LogP contribution in [-0.2, 0) is 52.3 Å². The fourth-order valence-corrected chi connectivity index (χ4v) is 11.6. The second kappa shape index (κ2) is 8.52. The zero-order valence-corrected chi connectivity index (χ0v) is 25.1. The van der Waals surface area contributed by atoms with Crippen molar-refractivity contribution < 1.29 is 67.6 Å². The Balaban J connectivity index is 1.34. The molecule has 0 aromatic heterocycles. The molecule has 16 atom stereocenters. The smallest absolute Gasteiger partial charge is 0.335 e. The van der Waals surface area contributed by atoms with Gasteiger partial charge in [-0.25, -0.2) is 4.79 Å². The molecule has 14 heteroatoms. The van der Waals surface area contributed by atoms with Gasteiger partial charge < -0.3 is 53.2 Å². The molecule has 2 bridgehead atoms. The summed E-state index contributed by atoms with van der Waals surface area (Å²) in [6.07, 6.45) is -4.70. The minimum absolute atomic E-state index is 0.171. The first-order valence-electron chi connectivity index (χ1n) is 15.1. The van der Waals surface area contributed by atoms with Crippen molar-refractivity contribution in [3.63, 3.8) is 0 Å². The molecule has 5 heterocycles. The monoisotopic (exact) mass is 622 g/mol. The van der Waals surface area contributed by atoms with Crippen LogP contribution in [0.1, 0.15) is 33.6 Å². The van der Waals surface area contributed by atoms with E-state index < -0.39 is 112 Å². The molecule has 0 amide bonds. The second-order valence-corrected chi connectivity index (χ2v) is 14.2. The summed E-state index contributed by atoms with van der Waals surface area (Å²) in [4.78, 5) is 39.6. The van der Waals surface area contributed by atoms with Gasteiger partial charge in [-0.2, -0.15) is 0 Å². The lowest BCUT2D eigenvalue weighted by molar-refractivity contribution is -0.295. The van der Waals surface area contributed by atoms with Crippen LogP contribution < -0.4 is 0 Å². The standard InChI is InChI=1S/C30H38O14/c1-12(31)42-15-9-14(32)27-10-41-18(22(34)37-4)19(27)25(2,21(33)17-20(27)28(15,11-40-17)23(35)38-5)30-16-8-13(26(30,3)44-30)29(36)6-7-39-24(29)43-16/h6-7,13-21,24,32-33,36H,8-11H2,1-5H3. The zero-order valence-electron chi connectivity index (χ0n) is 25.1. The molecule has 8 rings (SSSR count). The molecule has 0 radical (unpaired) electrons. The minimum Gasteiger partial charge on any atom is -0.469 e. The predicted octanol–water partition coefficient (Wildman–Crippen LogP) is -1.04. The number of carbonyl (C=O) groups excluding carboxylic acids is 3. The number of rotatable bonds is 4. The van der Waals surface area contributed by atoms with Gasteiger partial charge in [0.25, 0.3) is 0 Å². The molecule has 3 aliphatic carbocycles. The Kier molecular flexibility index (Phi) is 5.63. The zero-order chi connectivity index (χ0) is 31.4. The molecule has 5 aliphatic heterocycles. The van der Waals surface area contributed by atoms with Crippen LogP contribution in [0, 0.1) is 34.0 Å². The van der Waals surface area contributed by atoms with Crippen LogP contribution in [-0.4, -0.2) is 120 Å². The van der Waals surface area contributed by atoms with Crippen molar-refractivity contribution in [3.05, 3.63) is 12.3 Å². The molecule has 1 spiro atoms. The third-order valence-electron chi connectivity index (χ3n) is 13.1. The lowest BCUT2D eigenvalue weighted by Crippen LogP contribution is -2.77. The molecular formula is C30H38O14. The number of fused-ring (bicyclic) bond motifs is 7. The Bertz CT molecular complexity index is 1370. The highest BCUT2D eigenvalue weighted by Crippen LogP contribution is 2.82. The quantitative estimate of drug-likeness (QED) is 0.196. The number of ether oxygens (including phenoxy) is 8. The van der Waals surface area contributed by atoms with Crippen LogP contribution in [0.4, 0.5) is 0 Å². The molecule has 0 aromatic carbocycles. The first kappa shape index (κ1) is 29.1. The van der Waals surface area contributed by atoms with Crippen molar-refractivity contribution >= 4 is 17.9 Å². The summed E-state index contributed by atoms with van der Waals surface area (Å²) >= 11 is 0. The summed E-state index contributed by atoms with van der Waals surface area (Å²) in [5, 5.41) is 36.5. The van der Waals surface area contributed by atoms with Gasteiger partial charge in [0.15, 0.2) is 11.7 Å². The Hall–Kier alpha value is -2.33. The molecule has 242 valence electrons. The van der Waals surface area contributed by atoms with E-state index >= 15 is 0 Å². The van der Waals surface area contributed by atoms with Crippen molar-refractivity contribution in [3.8, 4) is 0 Å². The highest BCUT2D eigenvalue weighted by Gasteiger charge is 2.95. The van der Waals surface area contributed by atoms with Crippen LogP contribution in [0.3, 0.4) is 0 Å². The summed E-state index contributed by atoms with van der Waals surface area (Å²) in [7, 11) is 2.44. The third kappa shape index (κ3) is 2.76. The third-order valence-corrected chi connectivity index (χ3v) is 13.1. The first-order valence-corrected chi connectivity index (χ1v) is 15.1. The molecule has 44 heavy (non-hydrogen) atoms. The number of methoxy groups -OCH3 is 2. The van der Waals surface area contributed by atoms with E-state index in [1.54, 1.807) is 13.0 Å². The van der Waals surface area contributed by atoms with Gasteiger partial charge >= 0.3 is 17.9 Å². The summed E-state index contributed by atoms with van der Waals surface area (Å²) < 4.78 is 47.4. The molecule has 16 unspecified atom stereocenters. The Labute approximate surface area is 252 Å².